The van der Waals surface area contributed by atoms with Crippen molar-refractivity contribution in [3.63, 3.8) is 0 Å². The van der Waals surface area contributed by atoms with Crippen molar-refractivity contribution < 1.29 is 44.0 Å². The van der Waals surface area contributed by atoms with Crippen LogP contribution in [0.3, 0.4) is 0 Å². The number of ketones is 3. The van der Waals surface area contributed by atoms with Gasteiger partial charge >= 0.3 is 5.97 Å². The summed E-state index contributed by atoms with van der Waals surface area (Å²) in [6, 6.07) is 0. The number of fused-ring (bicyclic) bond motifs is 22. The molecule has 17 aliphatic rings. The van der Waals surface area contributed by atoms with Gasteiger partial charge in [0.1, 0.15) is 6.10 Å². The molecule has 1 heterocycles. The second kappa shape index (κ2) is 24.5. The zero-order chi connectivity index (χ0) is 68.4. The van der Waals surface area contributed by atoms with E-state index in [1.54, 1.807) is 18.1 Å². The van der Waals surface area contributed by atoms with Gasteiger partial charge in [0, 0.05) is 31.6 Å². The Morgan fingerprint density at radius 2 is 1.03 bits per heavy atom. The standard InChI is InChI=1S/C24H34O2.C21H30O3.C21H32O2.C21H28O2/c1-15(2)20-8-9-21-19-7-6-17-14-18(26-16(3)25)10-12-23(17,4)22(19)11-13-24(20,21)5;1-12(22)21-18(24-21)11-17-15-5-4-13-10-14(23)6-8-19(13,2)16(15)7-9-20(17,21)3;2*1-4-16-19(23)12-18-15-6-5-13-11-14(22)7-9-20(13,2)17(15)8-10-21(16,18)3/h6,8,18-19,21-22H,1,7,9-14H2,2-5H3;4,14-18,23H,5-11H2,1-3H3;4-5,14-15,17-19,22-23H,6-12H2,1-3H3;4,11,15,17-18H,5-10,12H2,1-3H3. The number of carbonyl (C=O) groups is 4. The van der Waals surface area contributed by atoms with Crippen molar-refractivity contribution in [2.45, 2.75) is 306 Å². The molecule has 0 aromatic rings. The van der Waals surface area contributed by atoms with Crippen LogP contribution >= 0.6 is 0 Å². The summed E-state index contributed by atoms with van der Waals surface area (Å²) >= 11 is 0. The number of allylic oxidation sites excluding steroid dienone is 10. The van der Waals surface area contributed by atoms with Gasteiger partial charge in [0.15, 0.2) is 23.0 Å². The van der Waals surface area contributed by atoms with Crippen LogP contribution in [0.2, 0.25) is 0 Å². The van der Waals surface area contributed by atoms with Gasteiger partial charge in [-0.15, -0.1) is 0 Å². The summed E-state index contributed by atoms with van der Waals surface area (Å²) in [5.41, 5.74) is 12.6. The van der Waals surface area contributed by atoms with Gasteiger partial charge in [0.2, 0.25) is 0 Å². The molecule has 96 heavy (non-hydrogen) atoms. The maximum absolute atomic E-state index is 12.5. The minimum absolute atomic E-state index is 0.0422. The molecule has 0 amide bonds. The lowest BCUT2D eigenvalue weighted by atomic mass is 9.47. The van der Waals surface area contributed by atoms with Crippen molar-refractivity contribution in [3.05, 3.63) is 93.7 Å². The molecule has 9 heteroatoms. The zero-order valence-electron chi connectivity index (χ0n) is 61.7. The van der Waals surface area contributed by atoms with E-state index in [-0.39, 0.29) is 69.3 Å². The van der Waals surface area contributed by atoms with Crippen LogP contribution in [0.5, 0.6) is 0 Å². The number of carbonyl (C=O) groups excluding carboxylic acids is 4. The summed E-state index contributed by atoms with van der Waals surface area (Å²) < 4.78 is 11.6. The van der Waals surface area contributed by atoms with Crippen LogP contribution in [-0.4, -0.2) is 74.8 Å². The second-order valence-corrected chi connectivity index (χ2v) is 37.4. The second-order valence-electron chi connectivity index (χ2n) is 37.4. The van der Waals surface area contributed by atoms with E-state index in [4.69, 9.17) is 9.47 Å². The predicted octanol–water partition coefficient (Wildman–Crippen LogP) is 18.5. The molecule has 26 atom stereocenters. The van der Waals surface area contributed by atoms with E-state index in [1.807, 2.05) is 13.0 Å². The monoisotopic (exact) mass is 1310 g/mol. The minimum Gasteiger partial charge on any atom is -0.462 e. The van der Waals surface area contributed by atoms with E-state index in [1.165, 1.54) is 99.0 Å². The molecule has 0 radical (unpaired) electrons. The number of epoxide rings is 1. The van der Waals surface area contributed by atoms with Crippen LogP contribution in [-0.2, 0) is 28.7 Å². The number of rotatable bonds is 3. The van der Waals surface area contributed by atoms with Gasteiger partial charge in [0.25, 0.3) is 0 Å². The van der Waals surface area contributed by atoms with Crippen LogP contribution in [0.4, 0.5) is 0 Å². The molecule has 17 rings (SSSR count). The van der Waals surface area contributed by atoms with E-state index >= 15 is 0 Å². The largest absolute Gasteiger partial charge is 0.462 e. The summed E-state index contributed by atoms with van der Waals surface area (Å²) in [7, 11) is 0. The lowest BCUT2D eigenvalue weighted by Crippen LogP contribution is -2.54. The lowest BCUT2D eigenvalue weighted by Gasteiger charge is -2.58. The molecular formula is C87H124O9. The number of ether oxygens (including phenoxy) is 2. The van der Waals surface area contributed by atoms with Crippen LogP contribution in [0.25, 0.3) is 0 Å². The molecule has 526 valence electrons. The Hall–Kier alpha value is -3.76. The number of aliphatic hydroxyl groups excluding tert-OH is 3. The third-order valence-corrected chi connectivity index (χ3v) is 33.7. The molecule has 3 N–H and O–H groups in total. The average molecular weight is 1310 g/mol. The van der Waals surface area contributed by atoms with Crippen molar-refractivity contribution in [2.75, 3.05) is 0 Å². The van der Waals surface area contributed by atoms with Crippen molar-refractivity contribution in [1.82, 2.24) is 0 Å². The normalized spacial score (nSPS) is 50.9. The van der Waals surface area contributed by atoms with E-state index in [0.29, 0.717) is 75.7 Å². The molecule has 1 saturated heterocycles. The smallest absolute Gasteiger partial charge is 0.302 e. The molecule has 0 bridgehead atoms. The zero-order valence-corrected chi connectivity index (χ0v) is 61.7. The molecule has 9 nitrogen and oxygen atoms in total. The van der Waals surface area contributed by atoms with E-state index in [0.717, 1.165) is 144 Å². The van der Waals surface area contributed by atoms with Crippen molar-refractivity contribution >= 4 is 23.3 Å². The summed E-state index contributed by atoms with van der Waals surface area (Å²) in [6.45, 7) is 33.3. The SMILES string of the molecule is C=C(C)C1=CCC2C3CC=C4CC(OC(C)=O)CCC4(C)C3CCC12C.CC(=O)C12OC1CC1C3CC=C4CC(O)CCC4(C)C3CCC12C.CC=C1C(=O)CC2C3CCC4=CC(=O)CCC4(C)C3CCC12C.CC=C1C(O)CC2C3CC=C4CC(O)CCC4(C)C3CCC12C. The van der Waals surface area contributed by atoms with Crippen molar-refractivity contribution in [2.24, 2.45) is 114 Å². The predicted molar refractivity (Wildman–Crippen MR) is 381 cm³/mol. The van der Waals surface area contributed by atoms with E-state index in [2.05, 4.69) is 112 Å². The fourth-order valence-corrected chi connectivity index (χ4v) is 28.6. The molecule has 1 aliphatic heterocycles. The fraction of sp³-hybridized carbons (Fsp3) is 0.770. The molecule has 0 aromatic carbocycles. The van der Waals surface area contributed by atoms with Crippen LogP contribution in [0.15, 0.2) is 93.7 Å². The maximum atomic E-state index is 12.5. The summed E-state index contributed by atoms with van der Waals surface area (Å²) in [5.74, 6) is 9.18. The third kappa shape index (κ3) is 10.4. The van der Waals surface area contributed by atoms with Crippen LogP contribution < -0.4 is 0 Å². The Morgan fingerprint density at radius 1 is 0.510 bits per heavy atom. The number of hydrogen-bond acceptors (Lipinski definition) is 9. The molecule has 16 aliphatic carbocycles. The average Bonchev–Trinajstić information content (AvgIpc) is 1.49. The van der Waals surface area contributed by atoms with Crippen LogP contribution in [0, 0.1) is 114 Å². The number of Topliss-reactive ketones (excluding diaryl/α,β-unsaturated/α-hetero) is 2. The number of hydrogen-bond donors (Lipinski definition) is 3. The highest BCUT2D eigenvalue weighted by Crippen LogP contribution is 2.75. The number of esters is 1. The Bertz CT molecular complexity index is 3420. The van der Waals surface area contributed by atoms with E-state index in [9.17, 15) is 34.5 Å². The van der Waals surface area contributed by atoms with E-state index < -0.39 is 5.60 Å². The van der Waals surface area contributed by atoms with Gasteiger partial charge < -0.3 is 24.8 Å². The molecule has 26 unspecified atom stereocenters. The molecular weight excluding hydrogens is 1190 g/mol. The maximum Gasteiger partial charge on any atom is 0.302 e. The first-order chi connectivity index (χ1) is 45.4. The third-order valence-electron chi connectivity index (χ3n) is 33.7. The van der Waals surface area contributed by atoms with Crippen LogP contribution in [0.1, 0.15) is 270 Å². The Labute approximate surface area is 578 Å². The van der Waals surface area contributed by atoms with Gasteiger partial charge in [-0.1, -0.05) is 126 Å². The van der Waals surface area contributed by atoms with Crippen molar-refractivity contribution in [1.29, 1.82) is 0 Å². The summed E-state index contributed by atoms with van der Waals surface area (Å²) in [5, 5.41) is 30.8. The Kier molecular flexibility index (Phi) is 17.7. The van der Waals surface area contributed by atoms with Gasteiger partial charge in [-0.05, 0) is 320 Å². The quantitative estimate of drug-likeness (QED) is 0.109. The first kappa shape index (κ1) is 69.3. The Morgan fingerprint density at radius 3 is 1.60 bits per heavy atom. The van der Waals surface area contributed by atoms with Gasteiger partial charge in [-0.25, -0.2) is 0 Å². The van der Waals surface area contributed by atoms with Gasteiger partial charge in [-0.3, -0.25) is 19.2 Å². The summed E-state index contributed by atoms with van der Waals surface area (Å²) in [6.07, 6.45) is 46.4. The fourth-order valence-electron chi connectivity index (χ4n) is 28.6. The first-order valence-corrected chi connectivity index (χ1v) is 39.3. The Balaban J connectivity index is 0.000000110. The highest BCUT2D eigenvalue weighted by molar-refractivity contribution is 5.99. The highest BCUT2D eigenvalue weighted by atomic mass is 16.6. The minimum atomic E-state index is -0.448. The van der Waals surface area contributed by atoms with Gasteiger partial charge in [-0.2, -0.15) is 0 Å². The highest BCUT2D eigenvalue weighted by Gasteiger charge is 2.79. The molecule has 12 fully saturated rings. The number of aliphatic hydroxyl groups is 3. The molecule has 0 spiro atoms. The lowest BCUT2D eigenvalue weighted by molar-refractivity contribution is -0.148. The first-order valence-electron chi connectivity index (χ1n) is 39.3. The molecule has 0 aromatic heterocycles. The van der Waals surface area contributed by atoms with Crippen molar-refractivity contribution in [3.8, 4) is 0 Å². The summed E-state index contributed by atoms with van der Waals surface area (Å²) in [4.78, 5) is 48.1. The molecule has 11 saturated carbocycles. The topological polar surface area (TPSA) is 151 Å². The van der Waals surface area contributed by atoms with Gasteiger partial charge in [0.05, 0.1) is 24.4 Å².